The maximum atomic E-state index is 11.0. The molecule has 3 nitrogen and oxygen atoms in total. The molecule has 0 amide bonds. The minimum Gasteiger partial charge on any atom is -0.449 e. The van der Waals surface area contributed by atoms with Crippen molar-refractivity contribution in [1.29, 1.82) is 0 Å². The van der Waals surface area contributed by atoms with Gasteiger partial charge in [-0.05, 0) is 13.0 Å². The molecular weight excluding hydrogens is 166 g/mol. The first-order chi connectivity index (χ1) is 6.27. The molecule has 1 aliphatic heterocycles. The molecule has 13 heavy (non-hydrogen) atoms. The van der Waals surface area contributed by atoms with E-state index in [1.165, 1.54) is 0 Å². The summed E-state index contributed by atoms with van der Waals surface area (Å²) in [5, 5.41) is 0. The van der Waals surface area contributed by atoms with Crippen molar-refractivity contribution in [3.8, 4) is 0 Å². The summed E-state index contributed by atoms with van der Waals surface area (Å²) in [5.41, 5.74) is 1.15. The predicted molar refractivity (Wildman–Crippen MR) is 49.9 cm³/mol. The van der Waals surface area contributed by atoms with Crippen molar-refractivity contribution in [2.75, 3.05) is 18.0 Å². The molecule has 0 aromatic carbocycles. The normalized spacial score (nSPS) is 17.9. The minimum absolute atomic E-state index is 0.362. The van der Waals surface area contributed by atoms with E-state index in [0.29, 0.717) is 18.6 Å². The van der Waals surface area contributed by atoms with Crippen molar-refractivity contribution >= 4 is 11.7 Å². The van der Waals surface area contributed by atoms with Gasteiger partial charge in [0.15, 0.2) is 5.88 Å². The second-order valence-corrected chi connectivity index (χ2v) is 3.43. The topological polar surface area (TPSA) is 33.5 Å². The molecule has 1 aromatic rings. The molecule has 1 aromatic heterocycles. The zero-order valence-electron chi connectivity index (χ0n) is 7.75. The molecule has 0 aliphatic carbocycles. The van der Waals surface area contributed by atoms with E-state index in [9.17, 15) is 4.79 Å². The Morgan fingerprint density at radius 2 is 2.08 bits per heavy atom. The summed E-state index contributed by atoms with van der Waals surface area (Å²) in [7, 11) is 0. The summed E-state index contributed by atoms with van der Waals surface area (Å²) in [6.45, 7) is 3.62. The molecule has 0 atom stereocenters. The number of anilines is 1. The molecule has 2 rings (SSSR count). The Hall–Kier alpha value is -1.25. The van der Waals surface area contributed by atoms with E-state index >= 15 is 0 Å². The molecule has 1 saturated heterocycles. The third-order valence-corrected chi connectivity index (χ3v) is 2.44. The van der Waals surface area contributed by atoms with Gasteiger partial charge >= 0.3 is 0 Å². The van der Waals surface area contributed by atoms with Crippen molar-refractivity contribution < 1.29 is 9.21 Å². The fourth-order valence-electron chi connectivity index (χ4n) is 1.65. The van der Waals surface area contributed by atoms with Gasteiger partial charge in [0.25, 0.3) is 0 Å². The van der Waals surface area contributed by atoms with Gasteiger partial charge in [0, 0.05) is 31.5 Å². The second-order valence-electron chi connectivity index (χ2n) is 3.43. The number of nitrogens with zero attached hydrogens (tertiary/aromatic N) is 1. The van der Waals surface area contributed by atoms with Crippen molar-refractivity contribution in [2.24, 2.45) is 0 Å². The maximum Gasteiger partial charge on any atom is 0.198 e. The molecule has 0 spiro atoms. The summed E-state index contributed by atoms with van der Waals surface area (Å²) in [6, 6.07) is 1.95. The predicted octanol–water partition coefficient (Wildman–Crippen LogP) is 1.76. The Balaban J connectivity index is 2.10. The van der Waals surface area contributed by atoms with Crippen LogP contribution < -0.4 is 4.90 Å². The number of hydrogen-bond donors (Lipinski definition) is 0. The van der Waals surface area contributed by atoms with Gasteiger partial charge in [-0.25, -0.2) is 0 Å². The molecule has 0 saturated carbocycles. The summed E-state index contributed by atoms with van der Waals surface area (Å²) in [5.74, 6) is 1.29. The van der Waals surface area contributed by atoms with Crippen LogP contribution in [0.3, 0.4) is 0 Å². The molecule has 2 heterocycles. The molecule has 0 bridgehead atoms. The average molecular weight is 179 g/mol. The lowest BCUT2D eigenvalue weighted by Gasteiger charge is -2.26. The van der Waals surface area contributed by atoms with Crippen LogP contribution in [0.5, 0.6) is 0 Å². The minimum atomic E-state index is 0.362. The third kappa shape index (κ3) is 1.59. The molecule has 0 unspecified atom stereocenters. The SMILES string of the molecule is Cc1ccoc1N1CCC(=O)CC1. The average Bonchev–Trinajstić information content (AvgIpc) is 2.53. The fourth-order valence-corrected chi connectivity index (χ4v) is 1.65. The van der Waals surface area contributed by atoms with Crippen LogP contribution in [-0.4, -0.2) is 18.9 Å². The molecule has 70 valence electrons. The van der Waals surface area contributed by atoms with Crippen LogP contribution in [0.2, 0.25) is 0 Å². The standard InChI is InChI=1S/C10H13NO2/c1-8-4-7-13-10(8)11-5-2-9(12)3-6-11/h4,7H,2-3,5-6H2,1H3. The monoisotopic (exact) mass is 179 g/mol. The van der Waals surface area contributed by atoms with Gasteiger partial charge in [-0.1, -0.05) is 0 Å². The first kappa shape index (κ1) is 8.35. The smallest absolute Gasteiger partial charge is 0.198 e. The molecular formula is C10H13NO2. The number of Topliss-reactive ketones (excluding diaryl/α,β-unsaturated/α-hetero) is 1. The van der Waals surface area contributed by atoms with Gasteiger partial charge < -0.3 is 9.32 Å². The van der Waals surface area contributed by atoms with Crippen LogP contribution in [0.25, 0.3) is 0 Å². The number of furan rings is 1. The van der Waals surface area contributed by atoms with Gasteiger partial charge in [0.1, 0.15) is 5.78 Å². The summed E-state index contributed by atoms with van der Waals surface area (Å²) < 4.78 is 5.35. The van der Waals surface area contributed by atoms with Crippen LogP contribution in [-0.2, 0) is 4.79 Å². The van der Waals surface area contributed by atoms with Crippen LogP contribution in [0.4, 0.5) is 5.88 Å². The Labute approximate surface area is 77.3 Å². The molecule has 1 fully saturated rings. The zero-order valence-corrected chi connectivity index (χ0v) is 7.75. The zero-order chi connectivity index (χ0) is 9.26. The molecule has 0 radical (unpaired) electrons. The summed E-state index contributed by atoms with van der Waals surface area (Å²) in [6.07, 6.45) is 3.00. The van der Waals surface area contributed by atoms with Crippen molar-refractivity contribution in [2.45, 2.75) is 19.8 Å². The van der Waals surface area contributed by atoms with Crippen LogP contribution in [0, 0.1) is 6.92 Å². The van der Waals surface area contributed by atoms with E-state index in [2.05, 4.69) is 4.90 Å². The van der Waals surface area contributed by atoms with Crippen molar-refractivity contribution in [1.82, 2.24) is 0 Å². The molecule has 0 N–H and O–H groups in total. The molecule has 1 aliphatic rings. The summed E-state index contributed by atoms with van der Waals surface area (Å²) in [4.78, 5) is 13.1. The van der Waals surface area contributed by atoms with Crippen LogP contribution in [0.15, 0.2) is 16.7 Å². The highest BCUT2D eigenvalue weighted by Crippen LogP contribution is 2.23. The van der Waals surface area contributed by atoms with E-state index in [1.54, 1.807) is 6.26 Å². The van der Waals surface area contributed by atoms with Gasteiger partial charge in [0.2, 0.25) is 0 Å². The quantitative estimate of drug-likeness (QED) is 0.658. The summed E-state index contributed by atoms with van der Waals surface area (Å²) >= 11 is 0. The number of hydrogen-bond acceptors (Lipinski definition) is 3. The Kier molecular flexibility index (Phi) is 2.08. The van der Waals surface area contributed by atoms with Crippen molar-refractivity contribution in [3.05, 3.63) is 17.9 Å². The number of ketones is 1. The lowest BCUT2D eigenvalue weighted by atomic mass is 10.1. The number of carbonyl (C=O) groups excluding carboxylic acids is 1. The van der Waals surface area contributed by atoms with Gasteiger partial charge in [-0.3, -0.25) is 4.79 Å². The van der Waals surface area contributed by atoms with E-state index < -0.39 is 0 Å². The van der Waals surface area contributed by atoms with E-state index in [4.69, 9.17) is 4.42 Å². The van der Waals surface area contributed by atoms with Gasteiger partial charge in [0.05, 0.1) is 6.26 Å². The van der Waals surface area contributed by atoms with Crippen LogP contribution in [0.1, 0.15) is 18.4 Å². The van der Waals surface area contributed by atoms with E-state index in [0.717, 1.165) is 24.5 Å². The third-order valence-electron chi connectivity index (χ3n) is 2.44. The van der Waals surface area contributed by atoms with Crippen LogP contribution >= 0.6 is 0 Å². The van der Waals surface area contributed by atoms with Crippen molar-refractivity contribution in [3.63, 3.8) is 0 Å². The number of rotatable bonds is 1. The van der Waals surface area contributed by atoms with E-state index in [-0.39, 0.29) is 0 Å². The maximum absolute atomic E-state index is 11.0. The Morgan fingerprint density at radius 3 is 2.62 bits per heavy atom. The number of aryl methyl sites for hydroxylation is 1. The second kappa shape index (κ2) is 3.24. The highest BCUT2D eigenvalue weighted by atomic mass is 16.3. The highest BCUT2D eigenvalue weighted by Gasteiger charge is 2.19. The largest absolute Gasteiger partial charge is 0.449 e. The molecule has 3 heteroatoms. The Bertz CT molecular complexity index is 306. The first-order valence-corrected chi connectivity index (χ1v) is 4.58. The van der Waals surface area contributed by atoms with Gasteiger partial charge in [-0.2, -0.15) is 0 Å². The lowest BCUT2D eigenvalue weighted by Crippen LogP contribution is -2.33. The van der Waals surface area contributed by atoms with E-state index in [1.807, 2.05) is 13.0 Å². The first-order valence-electron chi connectivity index (χ1n) is 4.58. The highest BCUT2D eigenvalue weighted by molar-refractivity contribution is 5.80. The lowest BCUT2D eigenvalue weighted by molar-refractivity contribution is -0.119. The number of carbonyl (C=O) groups is 1. The van der Waals surface area contributed by atoms with Gasteiger partial charge in [-0.15, -0.1) is 0 Å². The Morgan fingerprint density at radius 1 is 1.38 bits per heavy atom. The number of piperidine rings is 1. The fraction of sp³-hybridized carbons (Fsp3) is 0.500.